The number of aromatic nitrogens is 8. The zero-order valence-electron chi connectivity index (χ0n) is 44.0. The first-order valence-corrected chi connectivity index (χ1v) is 28.0. The van der Waals surface area contributed by atoms with Crippen LogP contribution >= 0.6 is 0 Å². The molecule has 20 heteroatoms. The molecular formula is C57H58N10O9Si. The number of carboxylic acids is 1. The van der Waals surface area contributed by atoms with Crippen molar-refractivity contribution in [3.05, 3.63) is 145 Å². The molecule has 4 aromatic carbocycles. The summed E-state index contributed by atoms with van der Waals surface area (Å²) in [6.07, 6.45) is 3.40. The highest BCUT2D eigenvalue weighted by Crippen LogP contribution is 2.30. The number of benzene rings is 4. The number of methoxy groups -OCH3 is 1. The minimum Gasteiger partial charge on any atom is -0.481 e. The third kappa shape index (κ3) is 15.6. The Bertz CT molecular complexity index is 3330. The number of aromatic amines is 1. The van der Waals surface area contributed by atoms with Gasteiger partial charge in [-0.05, 0) is 106 Å². The van der Waals surface area contributed by atoms with E-state index in [1.165, 1.54) is 7.11 Å². The summed E-state index contributed by atoms with van der Waals surface area (Å²) in [6.45, 7) is 14.7. The molecule has 4 heterocycles. The highest BCUT2D eigenvalue weighted by atomic mass is 28.3. The van der Waals surface area contributed by atoms with Crippen LogP contribution in [0.5, 0.6) is 35.3 Å². The smallest absolute Gasteiger partial charge is 0.341 e. The number of carboxylic acid groups (broad SMARTS) is 1. The number of hydrogen-bond acceptors (Lipinski definition) is 16. The van der Waals surface area contributed by atoms with Gasteiger partial charge in [-0.1, -0.05) is 68.2 Å². The van der Waals surface area contributed by atoms with E-state index in [9.17, 15) is 14.7 Å². The SMILES string of the molecule is CC(C)(COc1ccc(-c2ccc(-c3nc(Oc4ccc(C#N)cc4)n[nH]3)cc2)cn1)C(=O)O.COC(=O)C(C)(C)COc1ccc(-c2ccc(-c3nc(Oc4ccc(C#N)cc4)n(COCC[Si](C)(C)C)n3)cc2)cn1. The molecule has 2 N–H and O–H groups in total. The zero-order valence-corrected chi connectivity index (χ0v) is 45.0. The first-order valence-electron chi connectivity index (χ1n) is 24.3. The number of ether oxygens (including phenoxy) is 6. The van der Waals surface area contributed by atoms with Gasteiger partial charge >= 0.3 is 24.0 Å². The van der Waals surface area contributed by atoms with E-state index in [-0.39, 0.29) is 31.9 Å². The fourth-order valence-electron chi connectivity index (χ4n) is 6.78. The van der Waals surface area contributed by atoms with Crippen molar-refractivity contribution in [3.63, 3.8) is 0 Å². The lowest BCUT2D eigenvalue weighted by Gasteiger charge is -2.21. The molecule has 0 spiro atoms. The first kappa shape index (κ1) is 55.5. The number of H-pyrrole nitrogens is 1. The van der Waals surface area contributed by atoms with Crippen LogP contribution in [-0.2, 0) is 25.8 Å². The lowest BCUT2D eigenvalue weighted by Crippen LogP contribution is -2.32. The van der Waals surface area contributed by atoms with Crippen LogP contribution < -0.4 is 18.9 Å². The Morgan fingerprint density at radius 2 is 1.14 bits per heavy atom. The predicted octanol–water partition coefficient (Wildman–Crippen LogP) is 11.2. The highest BCUT2D eigenvalue weighted by molar-refractivity contribution is 6.76. The highest BCUT2D eigenvalue weighted by Gasteiger charge is 2.30. The molecule has 0 aliphatic carbocycles. The van der Waals surface area contributed by atoms with E-state index in [0.29, 0.717) is 58.7 Å². The Balaban J connectivity index is 0.000000230. The first-order chi connectivity index (χ1) is 36.8. The number of esters is 1. The molecule has 4 aromatic heterocycles. The third-order valence-corrected chi connectivity index (χ3v) is 13.3. The van der Waals surface area contributed by atoms with Crippen LogP contribution in [0.15, 0.2) is 134 Å². The fourth-order valence-corrected chi connectivity index (χ4v) is 7.53. The average molecular weight is 1060 g/mol. The standard InChI is InChI=1S/C32H37N5O5Si.C25H21N5O4/c1-32(2,30(38)39-3)21-41-28-16-13-26(20-34-28)24-9-11-25(12-10-24)29-35-31(42-27-14-7-23(19-33)8-15-27)37(36-29)22-40-17-18-43(4,5)6;1-25(2,23(31)32)15-33-21-12-9-19(14-27-21)17-5-7-18(8-6-17)22-28-24(30-29-22)34-20-10-3-16(13-26)4-11-20/h7-16,20H,17-18,21-22H2,1-6H3;3-12,14H,15H2,1-2H3,(H,31,32)(H,28,29,30). The maximum atomic E-state index is 11.9. The molecule has 8 aromatic rings. The summed E-state index contributed by atoms with van der Waals surface area (Å²) in [5, 5.41) is 38.7. The molecule has 8 rings (SSSR count). The minimum atomic E-state index is -1.24. The second kappa shape index (κ2) is 24.9. The van der Waals surface area contributed by atoms with E-state index < -0.39 is 24.9 Å². The van der Waals surface area contributed by atoms with Crippen molar-refractivity contribution < 1.29 is 43.1 Å². The Labute approximate surface area is 447 Å². The van der Waals surface area contributed by atoms with E-state index >= 15 is 0 Å². The van der Waals surface area contributed by atoms with Crippen LogP contribution in [0, 0.1) is 33.5 Å². The van der Waals surface area contributed by atoms with Gasteiger partial charge in [0.25, 0.3) is 0 Å². The molecule has 0 radical (unpaired) electrons. The number of nitrogens with one attached hydrogen (secondary N) is 1. The van der Waals surface area contributed by atoms with Gasteiger partial charge in [-0.2, -0.15) is 25.2 Å². The second-order valence-corrected chi connectivity index (χ2v) is 25.7. The summed E-state index contributed by atoms with van der Waals surface area (Å²) in [5.41, 5.74) is 4.66. The zero-order chi connectivity index (χ0) is 55.2. The molecule has 0 amide bonds. The molecule has 0 saturated carbocycles. The van der Waals surface area contributed by atoms with Gasteiger partial charge in [-0.15, -0.1) is 10.2 Å². The molecule has 0 atom stereocenters. The van der Waals surface area contributed by atoms with Crippen LogP contribution in [0.3, 0.4) is 0 Å². The minimum absolute atomic E-state index is 0.0252. The summed E-state index contributed by atoms with van der Waals surface area (Å²) in [7, 11) is 0.123. The largest absolute Gasteiger partial charge is 0.481 e. The number of carbonyl (C=O) groups is 2. The van der Waals surface area contributed by atoms with Crippen molar-refractivity contribution in [1.82, 2.24) is 39.9 Å². The van der Waals surface area contributed by atoms with E-state index in [4.69, 9.17) is 38.9 Å². The molecule has 0 fully saturated rings. The normalized spacial score (nSPS) is 11.3. The molecule has 0 aliphatic heterocycles. The quantitative estimate of drug-likeness (QED) is 0.0385. The number of hydrogen-bond donors (Lipinski definition) is 2. The van der Waals surface area contributed by atoms with Gasteiger partial charge in [0.1, 0.15) is 31.4 Å². The third-order valence-electron chi connectivity index (χ3n) is 11.6. The van der Waals surface area contributed by atoms with Gasteiger partial charge < -0.3 is 33.5 Å². The second-order valence-electron chi connectivity index (χ2n) is 20.1. The van der Waals surface area contributed by atoms with Gasteiger partial charge in [-0.3, -0.25) is 14.7 Å². The van der Waals surface area contributed by atoms with Crippen LogP contribution in [0.2, 0.25) is 25.7 Å². The monoisotopic (exact) mass is 1050 g/mol. The fraction of sp³-hybridized carbons (Fsp3) is 0.263. The number of carbonyl (C=O) groups excluding carboxylic acids is 1. The molecule has 0 bridgehead atoms. The maximum absolute atomic E-state index is 11.9. The van der Waals surface area contributed by atoms with Gasteiger partial charge in [0.15, 0.2) is 11.6 Å². The topological polar surface area (TPSA) is 255 Å². The van der Waals surface area contributed by atoms with Crippen molar-refractivity contribution in [1.29, 1.82) is 10.5 Å². The number of aliphatic carboxylic acids is 1. The molecule has 77 heavy (non-hydrogen) atoms. The number of pyridine rings is 2. The van der Waals surface area contributed by atoms with Crippen LogP contribution in [0.25, 0.3) is 45.0 Å². The van der Waals surface area contributed by atoms with Crippen LogP contribution in [-0.4, -0.2) is 92.0 Å². The summed E-state index contributed by atoms with van der Waals surface area (Å²) < 4.78 is 35.3. The summed E-state index contributed by atoms with van der Waals surface area (Å²) in [5.74, 6) is 1.66. The summed E-state index contributed by atoms with van der Waals surface area (Å²) in [4.78, 5) is 40.8. The predicted molar refractivity (Wildman–Crippen MR) is 289 cm³/mol. The molecule has 0 saturated heterocycles. The molecule has 19 nitrogen and oxygen atoms in total. The number of nitriles is 2. The van der Waals surface area contributed by atoms with Crippen molar-refractivity contribution in [2.24, 2.45) is 10.8 Å². The Hall–Kier alpha value is -9.24. The average Bonchev–Trinajstić information content (AvgIpc) is 4.08. The van der Waals surface area contributed by atoms with E-state index in [1.807, 2.05) is 60.7 Å². The van der Waals surface area contributed by atoms with E-state index in [1.54, 1.807) is 105 Å². The van der Waals surface area contributed by atoms with Gasteiger partial charge in [0, 0.05) is 61.5 Å². The summed E-state index contributed by atoms with van der Waals surface area (Å²) in [6, 6.07) is 41.9. The van der Waals surface area contributed by atoms with Crippen molar-refractivity contribution >= 4 is 20.0 Å². The molecular weight excluding hydrogens is 997 g/mol. The van der Waals surface area contributed by atoms with Gasteiger partial charge in [0.05, 0.1) is 41.2 Å². The molecule has 394 valence electrons. The number of nitrogens with zero attached hydrogens (tertiary/aromatic N) is 9. The Morgan fingerprint density at radius 3 is 1.62 bits per heavy atom. The van der Waals surface area contributed by atoms with Crippen molar-refractivity contribution in [2.45, 2.75) is 60.1 Å². The Morgan fingerprint density at radius 1 is 0.649 bits per heavy atom. The van der Waals surface area contributed by atoms with Crippen LogP contribution in [0.4, 0.5) is 0 Å². The lowest BCUT2D eigenvalue weighted by molar-refractivity contribution is -0.152. The van der Waals surface area contributed by atoms with E-state index in [2.05, 4.69) is 67.0 Å². The molecule has 0 unspecified atom stereocenters. The Kier molecular flexibility index (Phi) is 17.9. The van der Waals surface area contributed by atoms with Crippen molar-refractivity contribution in [2.75, 3.05) is 26.9 Å². The van der Waals surface area contributed by atoms with Gasteiger partial charge in [-0.25, -0.2) is 9.97 Å². The lowest BCUT2D eigenvalue weighted by atomic mass is 9.95. The molecule has 0 aliphatic rings. The maximum Gasteiger partial charge on any atom is 0.341 e. The number of rotatable bonds is 21. The van der Waals surface area contributed by atoms with Crippen LogP contribution in [0.1, 0.15) is 38.8 Å². The van der Waals surface area contributed by atoms with Crippen molar-refractivity contribution in [3.8, 4) is 92.4 Å². The van der Waals surface area contributed by atoms with E-state index in [0.717, 1.165) is 39.4 Å². The van der Waals surface area contributed by atoms with Gasteiger partial charge in [0.2, 0.25) is 11.8 Å². The summed E-state index contributed by atoms with van der Waals surface area (Å²) >= 11 is 0.